The summed E-state index contributed by atoms with van der Waals surface area (Å²) in [6.45, 7) is 2.02. The standard InChI is InChI=1S/C14H13N3/c1-11-6-7-14(17(2)10-11)12(9-15)13-5-3-4-8-16-13/h3-8,10H,1-2H3. The van der Waals surface area contributed by atoms with E-state index in [1.807, 2.05) is 55.4 Å². The summed E-state index contributed by atoms with van der Waals surface area (Å²) in [7, 11) is 1.93. The first kappa shape index (κ1) is 11.2. The number of allylic oxidation sites excluding steroid dienone is 4. The van der Waals surface area contributed by atoms with Crippen molar-refractivity contribution in [1.29, 1.82) is 5.26 Å². The van der Waals surface area contributed by atoms with Crippen molar-refractivity contribution in [3.05, 3.63) is 59.7 Å². The third-order valence-corrected chi connectivity index (χ3v) is 2.57. The number of hydrogen-bond donors (Lipinski definition) is 0. The lowest BCUT2D eigenvalue weighted by atomic mass is 10.1. The van der Waals surface area contributed by atoms with Crippen LogP contribution < -0.4 is 0 Å². The summed E-state index contributed by atoms with van der Waals surface area (Å²) < 4.78 is 0. The zero-order chi connectivity index (χ0) is 12.3. The topological polar surface area (TPSA) is 39.9 Å². The Labute approximate surface area is 101 Å². The zero-order valence-corrected chi connectivity index (χ0v) is 9.88. The van der Waals surface area contributed by atoms with Crippen LogP contribution in [0.3, 0.4) is 0 Å². The number of nitriles is 1. The molecule has 0 aromatic carbocycles. The van der Waals surface area contributed by atoms with Gasteiger partial charge in [-0.15, -0.1) is 0 Å². The maximum Gasteiger partial charge on any atom is 0.104 e. The summed E-state index contributed by atoms with van der Waals surface area (Å²) >= 11 is 0. The minimum Gasteiger partial charge on any atom is -0.350 e. The van der Waals surface area contributed by atoms with Crippen LogP contribution in [0.2, 0.25) is 0 Å². The van der Waals surface area contributed by atoms with Gasteiger partial charge in [0.2, 0.25) is 0 Å². The molecular formula is C14H13N3. The van der Waals surface area contributed by atoms with Gasteiger partial charge in [0.1, 0.15) is 11.6 Å². The first-order valence-corrected chi connectivity index (χ1v) is 5.37. The lowest BCUT2D eigenvalue weighted by Crippen LogP contribution is -2.14. The van der Waals surface area contributed by atoms with Crippen molar-refractivity contribution in [2.24, 2.45) is 0 Å². The molecule has 1 aromatic heterocycles. The van der Waals surface area contributed by atoms with Crippen molar-refractivity contribution in [2.45, 2.75) is 6.92 Å². The van der Waals surface area contributed by atoms with Crippen LogP contribution in [0, 0.1) is 11.3 Å². The van der Waals surface area contributed by atoms with Crippen LogP contribution >= 0.6 is 0 Å². The van der Waals surface area contributed by atoms with Gasteiger partial charge in [0, 0.05) is 19.4 Å². The van der Waals surface area contributed by atoms with Crippen LogP contribution in [0.1, 0.15) is 12.6 Å². The van der Waals surface area contributed by atoms with E-state index in [9.17, 15) is 5.26 Å². The third-order valence-electron chi connectivity index (χ3n) is 2.57. The summed E-state index contributed by atoms with van der Waals surface area (Å²) in [4.78, 5) is 6.16. The maximum absolute atomic E-state index is 9.29. The van der Waals surface area contributed by atoms with E-state index < -0.39 is 0 Å². The van der Waals surface area contributed by atoms with Gasteiger partial charge in [-0.05, 0) is 30.7 Å². The van der Waals surface area contributed by atoms with Crippen LogP contribution in [0.4, 0.5) is 0 Å². The number of hydrogen-bond acceptors (Lipinski definition) is 3. The van der Waals surface area contributed by atoms with Crippen LogP contribution in [0.15, 0.2) is 54.0 Å². The molecule has 0 saturated carbocycles. The Kier molecular flexibility index (Phi) is 3.06. The van der Waals surface area contributed by atoms with E-state index in [2.05, 4.69) is 11.1 Å². The van der Waals surface area contributed by atoms with E-state index in [-0.39, 0.29) is 0 Å². The fourth-order valence-electron chi connectivity index (χ4n) is 1.76. The van der Waals surface area contributed by atoms with E-state index in [1.165, 1.54) is 0 Å². The maximum atomic E-state index is 9.29. The van der Waals surface area contributed by atoms with Crippen molar-refractivity contribution in [1.82, 2.24) is 9.88 Å². The molecule has 1 aliphatic rings. The zero-order valence-electron chi connectivity index (χ0n) is 9.88. The normalized spacial score (nSPS) is 17.5. The van der Waals surface area contributed by atoms with Gasteiger partial charge in [0.25, 0.3) is 0 Å². The lowest BCUT2D eigenvalue weighted by molar-refractivity contribution is 0.581. The molecule has 0 N–H and O–H groups in total. The second-order valence-electron chi connectivity index (χ2n) is 3.90. The molecule has 0 saturated heterocycles. The number of rotatable bonds is 1. The molecule has 0 bridgehead atoms. The number of aromatic nitrogens is 1. The molecule has 0 radical (unpaired) electrons. The molecule has 2 heterocycles. The first-order valence-electron chi connectivity index (χ1n) is 5.37. The molecular weight excluding hydrogens is 210 g/mol. The van der Waals surface area contributed by atoms with E-state index in [4.69, 9.17) is 0 Å². The average Bonchev–Trinajstić information content (AvgIpc) is 2.34. The van der Waals surface area contributed by atoms with Crippen molar-refractivity contribution in [3.8, 4) is 6.07 Å². The smallest absolute Gasteiger partial charge is 0.104 e. The molecule has 84 valence electrons. The highest BCUT2D eigenvalue weighted by molar-refractivity contribution is 5.79. The van der Waals surface area contributed by atoms with Gasteiger partial charge >= 0.3 is 0 Å². The Hall–Kier alpha value is -2.34. The molecule has 3 nitrogen and oxygen atoms in total. The average molecular weight is 223 g/mol. The van der Waals surface area contributed by atoms with Gasteiger partial charge in [-0.2, -0.15) is 5.26 Å². The highest BCUT2D eigenvalue weighted by atomic mass is 15.1. The SMILES string of the molecule is CC1=CN(C)C(=C(C#N)c2ccccn2)C=C1. The molecule has 1 aromatic rings. The molecule has 0 amide bonds. The molecule has 2 rings (SSSR count). The van der Waals surface area contributed by atoms with Gasteiger partial charge in [-0.1, -0.05) is 12.1 Å². The van der Waals surface area contributed by atoms with Gasteiger partial charge in [0.15, 0.2) is 0 Å². The highest BCUT2D eigenvalue weighted by Gasteiger charge is 2.13. The fourth-order valence-corrected chi connectivity index (χ4v) is 1.76. The van der Waals surface area contributed by atoms with Crippen molar-refractivity contribution in [3.63, 3.8) is 0 Å². The predicted octanol–water partition coefficient (Wildman–Crippen LogP) is 2.72. The Morgan fingerprint density at radius 2 is 2.18 bits per heavy atom. The predicted molar refractivity (Wildman–Crippen MR) is 67.4 cm³/mol. The lowest BCUT2D eigenvalue weighted by Gasteiger charge is -2.21. The number of likely N-dealkylation sites (N-methyl/N-ethyl adjacent to an activating group) is 1. The second kappa shape index (κ2) is 4.67. The number of pyridine rings is 1. The van der Waals surface area contributed by atoms with Crippen LogP contribution in [0.25, 0.3) is 5.57 Å². The summed E-state index contributed by atoms with van der Waals surface area (Å²) in [6, 6.07) is 7.80. The first-order chi connectivity index (χ1) is 8.22. The summed E-state index contributed by atoms with van der Waals surface area (Å²) in [5.41, 5.74) is 3.33. The largest absolute Gasteiger partial charge is 0.350 e. The summed E-state index contributed by atoms with van der Waals surface area (Å²) in [5, 5.41) is 9.29. The Balaban J connectivity index is 2.51. The van der Waals surface area contributed by atoms with Crippen LogP contribution in [-0.4, -0.2) is 16.9 Å². The summed E-state index contributed by atoms with van der Waals surface area (Å²) in [6.07, 6.45) is 7.63. The second-order valence-corrected chi connectivity index (χ2v) is 3.90. The molecule has 3 heteroatoms. The molecule has 0 unspecified atom stereocenters. The van der Waals surface area contributed by atoms with Crippen LogP contribution in [0.5, 0.6) is 0 Å². The van der Waals surface area contributed by atoms with Crippen molar-refractivity contribution in [2.75, 3.05) is 7.05 Å². The fraction of sp³-hybridized carbons (Fsp3) is 0.143. The van der Waals surface area contributed by atoms with Gasteiger partial charge in [0.05, 0.1) is 11.4 Å². The Bertz CT molecular complexity index is 545. The molecule has 0 fully saturated rings. The van der Waals surface area contributed by atoms with Crippen molar-refractivity contribution < 1.29 is 0 Å². The Morgan fingerprint density at radius 1 is 1.35 bits per heavy atom. The van der Waals surface area contributed by atoms with Crippen molar-refractivity contribution >= 4 is 5.57 Å². The number of nitrogens with zero attached hydrogens (tertiary/aromatic N) is 3. The van der Waals surface area contributed by atoms with Gasteiger partial charge in [-0.25, -0.2) is 0 Å². The van der Waals surface area contributed by atoms with E-state index in [1.54, 1.807) is 6.20 Å². The quantitative estimate of drug-likeness (QED) is 0.687. The Morgan fingerprint density at radius 3 is 2.76 bits per heavy atom. The summed E-state index contributed by atoms with van der Waals surface area (Å²) in [5.74, 6) is 0. The monoisotopic (exact) mass is 223 g/mol. The van der Waals surface area contributed by atoms with E-state index >= 15 is 0 Å². The van der Waals surface area contributed by atoms with E-state index in [0.717, 1.165) is 11.3 Å². The minimum atomic E-state index is 0.591. The molecule has 0 atom stereocenters. The third kappa shape index (κ3) is 2.26. The van der Waals surface area contributed by atoms with Gasteiger partial charge in [-0.3, -0.25) is 4.98 Å². The molecule has 0 aliphatic carbocycles. The molecule has 17 heavy (non-hydrogen) atoms. The molecule has 1 aliphatic heterocycles. The highest BCUT2D eigenvalue weighted by Crippen LogP contribution is 2.23. The van der Waals surface area contributed by atoms with E-state index in [0.29, 0.717) is 11.3 Å². The van der Waals surface area contributed by atoms with Gasteiger partial charge < -0.3 is 4.90 Å². The molecule has 0 spiro atoms. The van der Waals surface area contributed by atoms with Crippen LogP contribution in [-0.2, 0) is 0 Å². The minimum absolute atomic E-state index is 0.591.